The Hall–Kier alpha value is -1.35. The van der Waals surface area contributed by atoms with Gasteiger partial charge in [-0.3, -0.25) is 0 Å². The summed E-state index contributed by atoms with van der Waals surface area (Å²) in [5, 5.41) is 9.91. The Labute approximate surface area is 94.3 Å². The van der Waals surface area contributed by atoms with Crippen LogP contribution in [0.5, 0.6) is 0 Å². The molecule has 86 valence electrons. The number of hydrogen-bond donors (Lipinski definition) is 1. The van der Waals surface area contributed by atoms with E-state index in [1.54, 1.807) is 6.07 Å². The molecule has 0 aliphatic heterocycles. The van der Waals surface area contributed by atoms with Crippen LogP contribution in [0.15, 0.2) is 24.3 Å². The van der Waals surface area contributed by atoms with Gasteiger partial charge in [-0.25, -0.2) is 4.39 Å². The first kappa shape index (κ1) is 11.1. The molecule has 0 fully saturated rings. The molecule has 2 aromatic rings. The number of para-hydroxylation sites is 1. The molecule has 0 unspecified atom stereocenters. The van der Waals surface area contributed by atoms with Crippen LogP contribution in [0, 0.1) is 5.82 Å². The molecule has 0 spiro atoms. The fraction of sp³-hybridized carbons (Fsp3) is 0.385. The summed E-state index contributed by atoms with van der Waals surface area (Å²) < 4.78 is 15.7. The summed E-state index contributed by atoms with van der Waals surface area (Å²) in [5.41, 5.74) is 1.62. The third-order valence-electron chi connectivity index (χ3n) is 2.77. The molecule has 0 aliphatic rings. The number of rotatable bonds is 3. The van der Waals surface area contributed by atoms with Gasteiger partial charge in [-0.2, -0.15) is 0 Å². The second-order valence-corrected chi connectivity index (χ2v) is 4.25. The zero-order valence-corrected chi connectivity index (χ0v) is 9.57. The molecule has 0 saturated heterocycles. The lowest BCUT2D eigenvalue weighted by Gasteiger charge is -2.14. The van der Waals surface area contributed by atoms with Crippen molar-refractivity contribution in [1.29, 1.82) is 0 Å². The Morgan fingerprint density at radius 2 is 2.12 bits per heavy atom. The zero-order chi connectivity index (χ0) is 11.7. The number of benzene rings is 1. The minimum absolute atomic E-state index is 0.0880. The lowest BCUT2D eigenvalue weighted by molar-refractivity contribution is 0.295. The molecule has 1 heterocycles. The summed E-state index contributed by atoms with van der Waals surface area (Å²) >= 11 is 0. The van der Waals surface area contributed by atoms with Gasteiger partial charge < -0.3 is 9.67 Å². The van der Waals surface area contributed by atoms with E-state index in [4.69, 9.17) is 5.11 Å². The SMILES string of the molecule is CC(C)n1c(CCO)cc2cccc(F)c21. The molecule has 0 bridgehead atoms. The van der Waals surface area contributed by atoms with Gasteiger partial charge in [0, 0.05) is 30.1 Å². The van der Waals surface area contributed by atoms with Crippen LogP contribution in [0.4, 0.5) is 4.39 Å². The Bertz CT molecular complexity index is 502. The second-order valence-electron chi connectivity index (χ2n) is 4.25. The minimum atomic E-state index is -0.199. The van der Waals surface area contributed by atoms with Crippen molar-refractivity contribution < 1.29 is 9.50 Å². The van der Waals surface area contributed by atoms with Crippen molar-refractivity contribution in [3.8, 4) is 0 Å². The molecule has 0 saturated carbocycles. The molecule has 1 aromatic carbocycles. The van der Waals surface area contributed by atoms with Crippen molar-refractivity contribution in [2.24, 2.45) is 0 Å². The van der Waals surface area contributed by atoms with Crippen LogP contribution in [-0.2, 0) is 6.42 Å². The molecule has 16 heavy (non-hydrogen) atoms. The number of fused-ring (bicyclic) bond motifs is 1. The lowest BCUT2D eigenvalue weighted by Crippen LogP contribution is -2.07. The van der Waals surface area contributed by atoms with Crippen LogP contribution in [-0.4, -0.2) is 16.3 Å². The monoisotopic (exact) mass is 221 g/mol. The Kier molecular flexibility index (Phi) is 2.97. The highest BCUT2D eigenvalue weighted by molar-refractivity contribution is 5.82. The van der Waals surface area contributed by atoms with Gasteiger partial charge >= 0.3 is 0 Å². The van der Waals surface area contributed by atoms with Crippen molar-refractivity contribution in [2.75, 3.05) is 6.61 Å². The standard InChI is InChI=1S/C13H16FNO/c1-9(2)15-11(6-7-16)8-10-4-3-5-12(14)13(10)15/h3-5,8-9,16H,6-7H2,1-2H3. The highest BCUT2D eigenvalue weighted by atomic mass is 19.1. The first-order valence-corrected chi connectivity index (χ1v) is 5.54. The quantitative estimate of drug-likeness (QED) is 0.847. The van der Waals surface area contributed by atoms with Crippen LogP contribution >= 0.6 is 0 Å². The van der Waals surface area contributed by atoms with E-state index in [-0.39, 0.29) is 18.5 Å². The van der Waals surface area contributed by atoms with E-state index in [1.807, 2.05) is 30.5 Å². The third-order valence-corrected chi connectivity index (χ3v) is 2.77. The molecule has 1 aromatic heterocycles. The smallest absolute Gasteiger partial charge is 0.147 e. The van der Waals surface area contributed by atoms with Gasteiger partial charge in [0.1, 0.15) is 5.82 Å². The molecule has 2 rings (SSSR count). The van der Waals surface area contributed by atoms with Gasteiger partial charge in [0.25, 0.3) is 0 Å². The van der Waals surface area contributed by atoms with E-state index in [2.05, 4.69) is 0 Å². The van der Waals surface area contributed by atoms with Crippen molar-refractivity contribution in [3.05, 3.63) is 35.8 Å². The molecular formula is C13H16FNO. The van der Waals surface area contributed by atoms with Gasteiger partial charge in [-0.15, -0.1) is 0 Å². The van der Waals surface area contributed by atoms with E-state index < -0.39 is 0 Å². The maximum Gasteiger partial charge on any atom is 0.147 e. The minimum Gasteiger partial charge on any atom is -0.396 e. The second kappa shape index (κ2) is 4.26. The van der Waals surface area contributed by atoms with Crippen LogP contribution in [0.3, 0.4) is 0 Å². The molecule has 3 heteroatoms. The Balaban J connectivity index is 2.72. The number of aliphatic hydroxyl groups excluding tert-OH is 1. The average Bonchev–Trinajstić information content (AvgIpc) is 2.58. The van der Waals surface area contributed by atoms with Gasteiger partial charge in [-0.05, 0) is 26.0 Å². The van der Waals surface area contributed by atoms with E-state index in [9.17, 15) is 4.39 Å². The van der Waals surface area contributed by atoms with E-state index in [0.717, 1.165) is 11.1 Å². The van der Waals surface area contributed by atoms with Gasteiger partial charge in [0.2, 0.25) is 0 Å². The number of halogens is 1. The summed E-state index contributed by atoms with van der Waals surface area (Å²) in [5.74, 6) is -0.199. The first-order valence-electron chi connectivity index (χ1n) is 5.54. The van der Waals surface area contributed by atoms with E-state index in [0.29, 0.717) is 11.9 Å². The fourth-order valence-electron chi connectivity index (χ4n) is 2.19. The number of nitrogens with zero attached hydrogens (tertiary/aromatic N) is 1. The molecule has 0 aliphatic carbocycles. The lowest BCUT2D eigenvalue weighted by atomic mass is 10.2. The maximum atomic E-state index is 13.8. The first-order chi connectivity index (χ1) is 7.65. The summed E-state index contributed by atoms with van der Waals surface area (Å²) in [4.78, 5) is 0. The number of aliphatic hydroxyl groups is 1. The predicted octanol–water partition coefficient (Wildman–Crippen LogP) is 2.90. The van der Waals surface area contributed by atoms with E-state index in [1.165, 1.54) is 6.07 Å². The van der Waals surface area contributed by atoms with Crippen molar-refractivity contribution in [1.82, 2.24) is 4.57 Å². The number of aromatic nitrogens is 1. The summed E-state index contributed by atoms with van der Waals surface area (Å²) in [6, 6.07) is 7.23. The fourth-order valence-corrected chi connectivity index (χ4v) is 2.19. The molecule has 0 radical (unpaired) electrons. The average molecular weight is 221 g/mol. The topological polar surface area (TPSA) is 25.2 Å². The molecular weight excluding hydrogens is 205 g/mol. The van der Waals surface area contributed by atoms with Gasteiger partial charge in [0.15, 0.2) is 0 Å². The summed E-state index contributed by atoms with van der Waals surface area (Å²) in [6.45, 7) is 4.13. The number of hydrogen-bond acceptors (Lipinski definition) is 1. The van der Waals surface area contributed by atoms with Crippen LogP contribution in [0.25, 0.3) is 10.9 Å². The normalized spacial score (nSPS) is 11.6. The van der Waals surface area contributed by atoms with Gasteiger partial charge in [0.05, 0.1) is 5.52 Å². The highest BCUT2D eigenvalue weighted by Crippen LogP contribution is 2.26. The molecule has 0 amide bonds. The third kappa shape index (κ3) is 1.71. The Morgan fingerprint density at radius 1 is 1.38 bits per heavy atom. The van der Waals surface area contributed by atoms with Crippen molar-refractivity contribution in [3.63, 3.8) is 0 Å². The van der Waals surface area contributed by atoms with Crippen LogP contribution < -0.4 is 0 Å². The molecule has 2 nitrogen and oxygen atoms in total. The highest BCUT2D eigenvalue weighted by Gasteiger charge is 2.13. The summed E-state index contributed by atoms with van der Waals surface area (Å²) in [7, 11) is 0. The maximum absolute atomic E-state index is 13.8. The molecule has 1 N–H and O–H groups in total. The van der Waals surface area contributed by atoms with Crippen molar-refractivity contribution in [2.45, 2.75) is 26.3 Å². The van der Waals surface area contributed by atoms with Crippen LogP contribution in [0.1, 0.15) is 25.6 Å². The Morgan fingerprint density at radius 3 is 2.75 bits per heavy atom. The van der Waals surface area contributed by atoms with Crippen LogP contribution in [0.2, 0.25) is 0 Å². The van der Waals surface area contributed by atoms with E-state index >= 15 is 0 Å². The zero-order valence-electron chi connectivity index (χ0n) is 9.57. The molecule has 0 atom stereocenters. The largest absolute Gasteiger partial charge is 0.396 e. The van der Waals surface area contributed by atoms with Gasteiger partial charge in [-0.1, -0.05) is 12.1 Å². The predicted molar refractivity (Wildman–Crippen MR) is 63.1 cm³/mol. The summed E-state index contributed by atoms with van der Waals surface area (Å²) in [6.07, 6.45) is 0.562. The van der Waals surface area contributed by atoms with Crippen molar-refractivity contribution >= 4 is 10.9 Å².